The van der Waals surface area contributed by atoms with Gasteiger partial charge in [-0.1, -0.05) is 17.7 Å². The number of aliphatic carboxylic acids is 1. The zero-order valence-electron chi connectivity index (χ0n) is 11.4. The van der Waals surface area contributed by atoms with Crippen molar-refractivity contribution in [2.24, 2.45) is 7.05 Å². The Labute approximate surface area is 128 Å². The third-order valence-corrected chi connectivity index (χ3v) is 3.65. The molecule has 0 amide bonds. The highest BCUT2D eigenvalue weighted by Crippen LogP contribution is 2.25. The van der Waals surface area contributed by atoms with Crippen molar-refractivity contribution in [3.05, 3.63) is 50.1 Å². The molecule has 1 aromatic rings. The lowest BCUT2D eigenvalue weighted by atomic mass is 10.1. The van der Waals surface area contributed by atoms with Gasteiger partial charge < -0.3 is 9.67 Å². The molecule has 0 fully saturated rings. The Morgan fingerprint density at radius 3 is 2.73 bits per heavy atom. The number of carbonyl (C=O) groups is 1. The number of pyridine rings is 1. The van der Waals surface area contributed by atoms with Gasteiger partial charge in [-0.15, -0.1) is 0 Å². The summed E-state index contributed by atoms with van der Waals surface area (Å²) in [6.45, 7) is -0.719. The minimum absolute atomic E-state index is 0.179. The molecule has 0 radical (unpaired) electrons. The van der Waals surface area contributed by atoms with Gasteiger partial charge in [-0.2, -0.15) is 4.98 Å². The van der Waals surface area contributed by atoms with Crippen LogP contribution in [-0.4, -0.2) is 25.2 Å². The number of nitrogens with zero attached hydrogens (tertiary/aromatic N) is 3. The van der Waals surface area contributed by atoms with Gasteiger partial charge >= 0.3 is 11.7 Å². The first-order valence-corrected chi connectivity index (χ1v) is 6.68. The molecular formula is C14H10ClN3O4. The zero-order chi connectivity index (χ0) is 16.0. The van der Waals surface area contributed by atoms with Gasteiger partial charge in [-0.25, -0.2) is 9.36 Å². The second-order valence-electron chi connectivity index (χ2n) is 4.82. The third-order valence-electron chi connectivity index (χ3n) is 3.41. The van der Waals surface area contributed by atoms with Gasteiger partial charge in [0.15, 0.2) is 5.82 Å². The first-order chi connectivity index (χ1) is 10.4. The predicted molar refractivity (Wildman–Crippen MR) is 80.5 cm³/mol. The molecular weight excluding hydrogens is 310 g/mol. The summed E-state index contributed by atoms with van der Waals surface area (Å²) in [4.78, 5) is 38.9. The number of hydrogen-bond acceptors (Lipinski definition) is 4. The SMILES string of the molecule is Cn1c2nc(=O)n(CC(=O)O)c(=O)c-2cc2ccc(Cl)cc21. The van der Waals surface area contributed by atoms with Crippen molar-refractivity contribution >= 4 is 28.5 Å². The van der Waals surface area contributed by atoms with Crippen LogP contribution in [0.4, 0.5) is 0 Å². The summed E-state index contributed by atoms with van der Waals surface area (Å²) in [5.74, 6) is -1.09. The normalized spacial score (nSPS) is 11.2. The first kappa shape index (κ1) is 14.3. The molecule has 112 valence electrons. The van der Waals surface area contributed by atoms with Crippen LogP contribution in [-0.2, 0) is 18.4 Å². The van der Waals surface area contributed by atoms with Crippen molar-refractivity contribution in [3.8, 4) is 11.4 Å². The summed E-state index contributed by atoms with van der Waals surface area (Å²) in [5, 5.41) is 10.1. The maximum Gasteiger partial charge on any atom is 0.353 e. The molecule has 1 aromatic carbocycles. The van der Waals surface area contributed by atoms with Crippen LogP contribution in [0.3, 0.4) is 0 Å². The lowest BCUT2D eigenvalue weighted by Crippen LogP contribution is -2.39. The van der Waals surface area contributed by atoms with Crippen LogP contribution in [0.2, 0.25) is 5.02 Å². The first-order valence-electron chi connectivity index (χ1n) is 6.30. The van der Waals surface area contributed by atoms with Crippen LogP contribution in [0.25, 0.3) is 22.3 Å². The van der Waals surface area contributed by atoms with Gasteiger partial charge in [0.1, 0.15) is 6.54 Å². The maximum absolute atomic E-state index is 12.4. The van der Waals surface area contributed by atoms with Crippen LogP contribution in [0.15, 0.2) is 33.9 Å². The van der Waals surface area contributed by atoms with Crippen LogP contribution in [0.1, 0.15) is 0 Å². The smallest absolute Gasteiger partial charge is 0.353 e. The Balaban J connectivity index is 2.46. The quantitative estimate of drug-likeness (QED) is 0.709. The summed E-state index contributed by atoms with van der Waals surface area (Å²) in [6.07, 6.45) is 0. The fourth-order valence-electron chi connectivity index (χ4n) is 2.39. The monoisotopic (exact) mass is 319 g/mol. The largest absolute Gasteiger partial charge is 0.480 e. The molecule has 0 bridgehead atoms. The molecule has 0 atom stereocenters. The Kier molecular flexibility index (Phi) is 3.22. The van der Waals surface area contributed by atoms with Crippen molar-refractivity contribution in [1.82, 2.24) is 14.1 Å². The average Bonchev–Trinajstić information content (AvgIpc) is 2.45. The molecule has 0 aliphatic carbocycles. The number of aryl methyl sites for hydroxylation is 1. The van der Waals surface area contributed by atoms with E-state index in [9.17, 15) is 14.4 Å². The fourth-order valence-corrected chi connectivity index (χ4v) is 2.56. The van der Waals surface area contributed by atoms with Crippen LogP contribution >= 0.6 is 11.6 Å². The van der Waals surface area contributed by atoms with E-state index in [-0.39, 0.29) is 11.4 Å². The summed E-state index contributed by atoms with van der Waals surface area (Å²) in [5.41, 5.74) is -0.679. The summed E-state index contributed by atoms with van der Waals surface area (Å²) >= 11 is 5.96. The number of fused-ring (bicyclic) bond motifs is 2. The molecule has 0 spiro atoms. The Hall–Kier alpha value is -2.67. The van der Waals surface area contributed by atoms with Gasteiger partial charge in [0, 0.05) is 12.1 Å². The molecule has 2 aliphatic rings. The van der Waals surface area contributed by atoms with Gasteiger partial charge in [0.2, 0.25) is 0 Å². The number of carboxylic acids is 1. The summed E-state index contributed by atoms with van der Waals surface area (Å²) in [6, 6.07) is 6.70. The van der Waals surface area contributed by atoms with E-state index in [0.717, 1.165) is 5.39 Å². The van der Waals surface area contributed by atoms with Crippen molar-refractivity contribution < 1.29 is 9.90 Å². The molecule has 0 aromatic heterocycles. The molecule has 7 nitrogen and oxygen atoms in total. The van der Waals surface area contributed by atoms with E-state index in [2.05, 4.69) is 4.98 Å². The lowest BCUT2D eigenvalue weighted by molar-refractivity contribution is -0.137. The average molecular weight is 320 g/mol. The highest BCUT2D eigenvalue weighted by molar-refractivity contribution is 6.31. The van der Waals surface area contributed by atoms with Gasteiger partial charge in [0.25, 0.3) is 5.56 Å². The topological polar surface area (TPSA) is 94.2 Å². The standard InChI is InChI=1S/C14H10ClN3O4/c1-17-10-5-8(15)3-2-7(10)4-9-12(17)16-14(22)18(13(9)21)6-11(19)20/h2-5H,6H2,1H3,(H,19,20). The van der Waals surface area contributed by atoms with E-state index in [0.29, 0.717) is 15.1 Å². The van der Waals surface area contributed by atoms with E-state index in [4.69, 9.17) is 16.7 Å². The van der Waals surface area contributed by atoms with Gasteiger partial charge in [0.05, 0.1) is 11.1 Å². The van der Waals surface area contributed by atoms with E-state index < -0.39 is 23.8 Å². The Bertz CT molecular complexity index is 1010. The second-order valence-corrected chi connectivity index (χ2v) is 5.26. The summed E-state index contributed by atoms with van der Waals surface area (Å²) < 4.78 is 2.19. The highest BCUT2D eigenvalue weighted by Gasteiger charge is 2.19. The van der Waals surface area contributed by atoms with Crippen molar-refractivity contribution in [2.75, 3.05) is 0 Å². The van der Waals surface area contributed by atoms with Crippen molar-refractivity contribution in [3.63, 3.8) is 0 Å². The number of carboxylic acid groups (broad SMARTS) is 1. The number of hydrogen-bond donors (Lipinski definition) is 1. The fraction of sp³-hybridized carbons (Fsp3) is 0.143. The van der Waals surface area contributed by atoms with E-state index >= 15 is 0 Å². The molecule has 2 heterocycles. The minimum Gasteiger partial charge on any atom is -0.480 e. The minimum atomic E-state index is -1.28. The number of benzene rings is 1. The molecule has 8 heteroatoms. The molecule has 0 saturated carbocycles. The molecule has 2 aliphatic heterocycles. The Morgan fingerprint density at radius 1 is 1.32 bits per heavy atom. The predicted octanol–water partition coefficient (Wildman–Crippen LogP) is 0.938. The van der Waals surface area contributed by atoms with Gasteiger partial charge in [-0.3, -0.25) is 9.59 Å². The highest BCUT2D eigenvalue weighted by atomic mass is 35.5. The van der Waals surface area contributed by atoms with Crippen LogP contribution in [0.5, 0.6) is 0 Å². The Morgan fingerprint density at radius 2 is 2.05 bits per heavy atom. The molecule has 3 rings (SSSR count). The molecule has 1 N–H and O–H groups in total. The van der Waals surface area contributed by atoms with Gasteiger partial charge in [-0.05, 0) is 23.6 Å². The molecule has 22 heavy (non-hydrogen) atoms. The van der Waals surface area contributed by atoms with E-state index in [1.54, 1.807) is 35.9 Å². The molecule has 0 unspecified atom stereocenters. The van der Waals surface area contributed by atoms with Crippen LogP contribution in [0, 0.1) is 0 Å². The van der Waals surface area contributed by atoms with Crippen molar-refractivity contribution in [2.45, 2.75) is 6.54 Å². The lowest BCUT2D eigenvalue weighted by Gasteiger charge is -2.14. The van der Waals surface area contributed by atoms with Crippen LogP contribution < -0.4 is 11.2 Å². The third kappa shape index (κ3) is 2.15. The van der Waals surface area contributed by atoms with E-state index in [1.165, 1.54) is 0 Å². The number of halogens is 1. The number of rotatable bonds is 2. The molecule has 0 saturated heterocycles. The second kappa shape index (κ2) is 4.96. The summed E-state index contributed by atoms with van der Waals surface area (Å²) in [7, 11) is 1.66. The van der Waals surface area contributed by atoms with E-state index in [1.807, 2.05) is 0 Å². The van der Waals surface area contributed by atoms with Crippen molar-refractivity contribution in [1.29, 1.82) is 0 Å². The zero-order valence-corrected chi connectivity index (χ0v) is 12.2. The number of aromatic nitrogens is 3. The maximum atomic E-state index is 12.4.